The minimum atomic E-state index is 0.464. The molecule has 2 N–H and O–H groups in total. The monoisotopic (exact) mass is 214 g/mol. The zero-order valence-corrected chi connectivity index (χ0v) is 9.84. The molecule has 0 bridgehead atoms. The Labute approximate surface area is 89.3 Å². The highest BCUT2D eigenvalue weighted by atomic mass is 32.2. The summed E-state index contributed by atoms with van der Waals surface area (Å²) in [6, 6.07) is 0. The van der Waals surface area contributed by atoms with Crippen LogP contribution < -0.4 is 5.73 Å². The maximum absolute atomic E-state index is 5.59. The Bertz CT molecular complexity index is 282. The molecule has 0 aromatic carbocycles. The second-order valence-corrected chi connectivity index (χ2v) is 4.96. The minimum Gasteiger partial charge on any atom is -0.324 e. The van der Waals surface area contributed by atoms with E-state index in [1.54, 1.807) is 11.8 Å². The van der Waals surface area contributed by atoms with E-state index in [9.17, 15) is 0 Å². The number of aromatic nitrogens is 3. The standard InChI is InChI=1S/C9H18N4S/c1-4-5-13-8(6-10)11-12-9(13)14-7(2)3/h7H,4-6,10H2,1-3H3. The van der Waals surface area contributed by atoms with Crippen LogP contribution in [0.15, 0.2) is 5.16 Å². The van der Waals surface area contributed by atoms with Crippen LogP contribution in [0.5, 0.6) is 0 Å². The maximum Gasteiger partial charge on any atom is 0.191 e. The zero-order valence-electron chi connectivity index (χ0n) is 9.03. The van der Waals surface area contributed by atoms with Crippen molar-refractivity contribution in [3.8, 4) is 0 Å². The summed E-state index contributed by atoms with van der Waals surface area (Å²) >= 11 is 1.74. The molecule has 5 heteroatoms. The second-order valence-electron chi connectivity index (χ2n) is 3.42. The molecule has 4 nitrogen and oxygen atoms in total. The number of nitrogens with zero attached hydrogens (tertiary/aromatic N) is 3. The van der Waals surface area contributed by atoms with Crippen molar-refractivity contribution in [2.24, 2.45) is 5.73 Å². The number of hydrogen-bond donors (Lipinski definition) is 1. The first-order valence-corrected chi connectivity index (χ1v) is 5.85. The minimum absolute atomic E-state index is 0.464. The first-order chi connectivity index (χ1) is 6.69. The van der Waals surface area contributed by atoms with Gasteiger partial charge in [0.15, 0.2) is 5.16 Å². The summed E-state index contributed by atoms with van der Waals surface area (Å²) in [5, 5.41) is 9.73. The highest BCUT2D eigenvalue weighted by molar-refractivity contribution is 7.99. The van der Waals surface area contributed by atoms with Gasteiger partial charge in [0, 0.05) is 11.8 Å². The fourth-order valence-electron chi connectivity index (χ4n) is 1.22. The average Bonchev–Trinajstić information content (AvgIpc) is 2.48. The van der Waals surface area contributed by atoms with Crippen molar-refractivity contribution in [2.75, 3.05) is 0 Å². The molecular formula is C9H18N4S. The summed E-state index contributed by atoms with van der Waals surface area (Å²) in [5.41, 5.74) is 5.59. The number of hydrogen-bond acceptors (Lipinski definition) is 4. The largest absolute Gasteiger partial charge is 0.324 e. The molecular weight excluding hydrogens is 196 g/mol. The summed E-state index contributed by atoms with van der Waals surface area (Å²) in [5.74, 6) is 0.884. The number of rotatable bonds is 5. The summed E-state index contributed by atoms with van der Waals surface area (Å²) in [7, 11) is 0. The Morgan fingerprint density at radius 3 is 2.64 bits per heavy atom. The highest BCUT2D eigenvalue weighted by Crippen LogP contribution is 2.21. The van der Waals surface area contributed by atoms with E-state index in [0.717, 1.165) is 23.9 Å². The van der Waals surface area contributed by atoms with E-state index in [1.807, 2.05) is 0 Å². The SMILES string of the molecule is CCCn1c(CN)nnc1SC(C)C. The van der Waals surface area contributed by atoms with E-state index in [-0.39, 0.29) is 0 Å². The molecule has 0 aliphatic carbocycles. The van der Waals surface area contributed by atoms with Gasteiger partial charge in [0.25, 0.3) is 0 Å². The van der Waals surface area contributed by atoms with E-state index in [2.05, 4.69) is 35.5 Å². The first kappa shape index (κ1) is 11.5. The lowest BCUT2D eigenvalue weighted by molar-refractivity contribution is 0.591. The molecule has 0 atom stereocenters. The van der Waals surface area contributed by atoms with Crippen LogP contribution in [-0.2, 0) is 13.1 Å². The van der Waals surface area contributed by atoms with Gasteiger partial charge in [-0.25, -0.2) is 0 Å². The average molecular weight is 214 g/mol. The van der Waals surface area contributed by atoms with Gasteiger partial charge in [-0.1, -0.05) is 32.5 Å². The highest BCUT2D eigenvalue weighted by Gasteiger charge is 2.11. The van der Waals surface area contributed by atoms with E-state index < -0.39 is 0 Å². The molecule has 14 heavy (non-hydrogen) atoms. The lowest BCUT2D eigenvalue weighted by Gasteiger charge is -2.08. The fourth-order valence-corrected chi connectivity index (χ4v) is 2.05. The Balaban J connectivity index is 2.86. The van der Waals surface area contributed by atoms with E-state index in [4.69, 9.17) is 5.73 Å². The number of nitrogens with two attached hydrogens (primary N) is 1. The Hall–Kier alpha value is -0.550. The van der Waals surface area contributed by atoms with Gasteiger partial charge in [-0.05, 0) is 6.42 Å². The maximum atomic E-state index is 5.59. The van der Waals surface area contributed by atoms with Crippen molar-refractivity contribution in [2.45, 2.75) is 50.7 Å². The lowest BCUT2D eigenvalue weighted by atomic mass is 10.4. The van der Waals surface area contributed by atoms with E-state index in [0.29, 0.717) is 11.8 Å². The second kappa shape index (κ2) is 5.36. The first-order valence-electron chi connectivity index (χ1n) is 4.97. The normalized spacial score (nSPS) is 11.2. The molecule has 0 aliphatic rings. The van der Waals surface area contributed by atoms with Crippen molar-refractivity contribution in [3.05, 3.63) is 5.82 Å². The van der Waals surface area contributed by atoms with Gasteiger partial charge in [0.1, 0.15) is 5.82 Å². The van der Waals surface area contributed by atoms with Crippen LogP contribution >= 0.6 is 11.8 Å². The third-order valence-corrected chi connectivity index (χ3v) is 2.75. The molecule has 1 heterocycles. The molecule has 1 aromatic rings. The van der Waals surface area contributed by atoms with Crippen molar-refractivity contribution in [1.29, 1.82) is 0 Å². The Kier molecular flexibility index (Phi) is 4.41. The molecule has 1 aromatic heterocycles. The van der Waals surface area contributed by atoms with Crippen LogP contribution in [0, 0.1) is 0 Å². The molecule has 0 unspecified atom stereocenters. The van der Waals surface area contributed by atoms with Crippen LogP contribution in [0.4, 0.5) is 0 Å². The van der Waals surface area contributed by atoms with Gasteiger partial charge in [-0.15, -0.1) is 10.2 Å². The predicted molar refractivity (Wildman–Crippen MR) is 59.2 cm³/mol. The van der Waals surface area contributed by atoms with Crippen molar-refractivity contribution >= 4 is 11.8 Å². The van der Waals surface area contributed by atoms with Gasteiger partial charge in [-0.3, -0.25) is 0 Å². The molecule has 1 rings (SSSR count). The third-order valence-electron chi connectivity index (χ3n) is 1.76. The van der Waals surface area contributed by atoms with Crippen molar-refractivity contribution in [3.63, 3.8) is 0 Å². The van der Waals surface area contributed by atoms with Crippen LogP contribution in [0.1, 0.15) is 33.0 Å². The Morgan fingerprint density at radius 1 is 1.43 bits per heavy atom. The summed E-state index contributed by atoms with van der Waals surface area (Å²) in [4.78, 5) is 0. The number of thioether (sulfide) groups is 1. The molecule has 0 saturated carbocycles. The van der Waals surface area contributed by atoms with Gasteiger partial charge in [0.05, 0.1) is 6.54 Å². The van der Waals surface area contributed by atoms with Gasteiger partial charge < -0.3 is 10.3 Å². The molecule has 0 spiro atoms. The zero-order chi connectivity index (χ0) is 10.6. The molecule has 0 saturated heterocycles. The Morgan fingerprint density at radius 2 is 2.14 bits per heavy atom. The van der Waals surface area contributed by atoms with Gasteiger partial charge in [0.2, 0.25) is 0 Å². The molecule has 0 amide bonds. The predicted octanol–water partition coefficient (Wildman–Crippen LogP) is 1.65. The topological polar surface area (TPSA) is 56.7 Å². The van der Waals surface area contributed by atoms with Crippen LogP contribution in [0.25, 0.3) is 0 Å². The molecule has 0 radical (unpaired) electrons. The summed E-state index contributed by atoms with van der Waals surface area (Å²) < 4.78 is 2.12. The van der Waals surface area contributed by atoms with Crippen LogP contribution in [-0.4, -0.2) is 20.0 Å². The molecule has 0 fully saturated rings. The van der Waals surface area contributed by atoms with Crippen molar-refractivity contribution < 1.29 is 0 Å². The van der Waals surface area contributed by atoms with E-state index in [1.165, 1.54) is 0 Å². The quantitative estimate of drug-likeness (QED) is 0.757. The lowest BCUT2D eigenvalue weighted by Crippen LogP contribution is -2.09. The van der Waals surface area contributed by atoms with Gasteiger partial charge >= 0.3 is 0 Å². The summed E-state index contributed by atoms with van der Waals surface area (Å²) in [6.07, 6.45) is 1.08. The summed E-state index contributed by atoms with van der Waals surface area (Å²) in [6.45, 7) is 7.86. The van der Waals surface area contributed by atoms with Crippen LogP contribution in [0.2, 0.25) is 0 Å². The molecule has 0 aliphatic heterocycles. The molecule has 80 valence electrons. The third kappa shape index (κ3) is 2.72. The fraction of sp³-hybridized carbons (Fsp3) is 0.778. The van der Waals surface area contributed by atoms with Crippen LogP contribution in [0.3, 0.4) is 0 Å². The van der Waals surface area contributed by atoms with Gasteiger partial charge in [-0.2, -0.15) is 0 Å². The smallest absolute Gasteiger partial charge is 0.191 e. The van der Waals surface area contributed by atoms with E-state index >= 15 is 0 Å². The van der Waals surface area contributed by atoms with Crippen molar-refractivity contribution in [1.82, 2.24) is 14.8 Å².